The smallest absolute Gasteiger partial charge is 0.224 e. The van der Waals surface area contributed by atoms with Crippen molar-refractivity contribution in [2.45, 2.75) is 26.1 Å². The molecular weight excluding hydrogens is 552 g/mol. The Morgan fingerprint density at radius 1 is 0.929 bits per heavy atom. The maximum Gasteiger partial charge on any atom is 0.224 e. The van der Waals surface area contributed by atoms with Crippen molar-refractivity contribution in [3.8, 4) is 0 Å². The van der Waals surface area contributed by atoms with E-state index in [1.165, 1.54) is 0 Å². The van der Waals surface area contributed by atoms with Crippen LogP contribution in [0.25, 0.3) is 27.3 Å². The van der Waals surface area contributed by atoms with Gasteiger partial charge in [-0.15, -0.1) is 5.10 Å². The maximum absolute atomic E-state index is 13.9. The van der Waals surface area contributed by atoms with Gasteiger partial charge < -0.3 is 14.5 Å². The molecule has 0 unspecified atom stereocenters. The summed E-state index contributed by atoms with van der Waals surface area (Å²) < 4.78 is 9.41. The van der Waals surface area contributed by atoms with Crippen LogP contribution in [0.1, 0.15) is 22.3 Å². The van der Waals surface area contributed by atoms with E-state index < -0.39 is 0 Å². The van der Waals surface area contributed by atoms with Crippen LogP contribution in [0, 0.1) is 0 Å². The first-order chi connectivity index (χ1) is 20.5. The number of hydrogen-bond acceptors (Lipinski definition) is 6. The fourth-order valence-electron chi connectivity index (χ4n) is 5.79. The minimum atomic E-state index is -0.213. The highest BCUT2D eigenvalue weighted by Crippen LogP contribution is 2.29. The van der Waals surface area contributed by atoms with E-state index in [0.717, 1.165) is 58.3 Å². The Bertz CT molecular complexity index is 1960. The minimum Gasteiger partial charge on any atom is -0.379 e. The first-order valence-corrected chi connectivity index (χ1v) is 14.4. The molecule has 0 bridgehead atoms. The Balaban J connectivity index is 1.25. The Hall–Kier alpha value is -4.31. The molecule has 4 heterocycles. The molecule has 6 aromatic rings. The molecule has 0 saturated carbocycles. The molecule has 0 atom stereocenters. The van der Waals surface area contributed by atoms with Crippen LogP contribution in [0.5, 0.6) is 0 Å². The number of hydrogen-bond donors (Lipinski definition) is 1. The summed E-state index contributed by atoms with van der Waals surface area (Å²) >= 11 is 5.98. The Kier molecular flexibility index (Phi) is 7.07. The number of fused-ring (bicyclic) bond motifs is 1. The predicted molar refractivity (Wildman–Crippen MR) is 162 cm³/mol. The number of carbonyl (C=O) groups excluding carboxylic acids is 1. The number of halogens is 1. The number of pyridine rings is 1. The third-order valence-corrected chi connectivity index (χ3v) is 8.16. The normalized spacial score (nSPS) is 14.3. The molecule has 1 aliphatic rings. The standard InChI is InChI=1S/C32H29ClN6O3/c33-25-7-5-21(6-8-25)16-34-30(40)15-23-18-38-19-24(20-39-29-4-2-1-3-28(29)35-36-39)26-13-22(14-27(31(26)38)32(23)41)17-37-9-11-42-12-10-37/h1-8,13-14,18-19H,9-12,15-17,20H2,(H,34,40). The fraction of sp³-hybridized carbons (Fsp3) is 0.250. The van der Waals surface area contributed by atoms with E-state index in [1.54, 1.807) is 18.3 Å². The largest absolute Gasteiger partial charge is 0.379 e. The SMILES string of the molecule is O=C(Cc1cn2cc(Cn3nnc4ccccc43)c3cc(CN4CCOCC4)cc(c1=O)c32)NCc1ccc(Cl)cc1. The van der Waals surface area contributed by atoms with Crippen LogP contribution in [-0.4, -0.2) is 56.5 Å². The van der Waals surface area contributed by atoms with Crippen LogP contribution in [0.15, 0.2) is 77.9 Å². The molecule has 1 saturated heterocycles. The predicted octanol–water partition coefficient (Wildman–Crippen LogP) is 4.03. The minimum absolute atomic E-state index is 0.0116. The van der Waals surface area contributed by atoms with Crippen molar-refractivity contribution in [3.05, 3.63) is 111 Å². The molecule has 42 heavy (non-hydrogen) atoms. The van der Waals surface area contributed by atoms with E-state index in [0.29, 0.717) is 42.3 Å². The molecule has 1 fully saturated rings. The third kappa shape index (κ3) is 5.22. The molecule has 0 aliphatic carbocycles. The molecule has 7 rings (SSSR count). The van der Waals surface area contributed by atoms with Crippen molar-refractivity contribution < 1.29 is 9.53 Å². The number of aromatic nitrogens is 4. The Morgan fingerprint density at radius 2 is 1.69 bits per heavy atom. The zero-order valence-electron chi connectivity index (χ0n) is 22.9. The van der Waals surface area contributed by atoms with Crippen molar-refractivity contribution in [2.24, 2.45) is 0 Å². The highest BCUT2D eigenvalue weighted by molar-refractivity contribution is 6.30. The number of carbonyl (C=O) groups is 1. The van der Waals surface area contributed by atoms with Crippen molar-refractivity contribution in [3.63, 3.8) is 0 Å². The van der Waals surface area contributed by atoms with E-state index in [-0.39, 0.29) is 17.8 Å². The third-order valence-electron chi connectivity index (χ3n) is 7.90. The average molecular weight is 581 g/mol. The van der Waals surface area contributed by atoms with Gasteiger partial charge in [0.15, 0.2) is 5.43 Å². The fourth-order valence-corrected chi connectivity index (χ4v) is 5.91. The topological polar surface area (TPSA) is 93.8 Å². The van der Waals surface area contributed by atoms with E-state index in [4.69, 9.17) is 16.3 Å². The first kappa shape index (κ1) is 26.6. The molecule has 10 heteroatoms. The summed E-state index contributed by atoms with van der Waals surface area (Å²) in [6, 6.07) is 19.4. The van der Waals surface area contributed by atoms with Gasteiger partial charge in [0.05, 0.1) is 37.2 Å². The number of nitrogens with one attached hydrogen (secondary N) is 1. The zero-order chi connectivity index (χ0) is 28.6. The number of para-hydroxylation sites is 1. The maximum atomic E-state index is 13.9. The molecule has 3 aromatic carbocycles. The Labute approximate surface area is 246 Å². The van der Waals surface area contributed by atoms with Gasteiger partial charge in [-0.3, -0.25) is 14.5 Å². The van der Waals surface area contributed by atoms with Gasteiger partial charge in [-0.1, -0.05) is 41.1 Å². The number of amides is 1. The Morgan fingerprint density at radius 3 is 2.52 bits per heavy atom. The van der Waals surface area contributed by atoms with E-state index in [1.807, 2.05) is 57.7 Å². The van der Waals surface area contributed by atoms with Gasteiger partial charge in [0.2, 0.25) is 5.91 Å². The van der Waals surface area contributed by atoms with Crippen LogP contribution in [0.3, 0.4) is 0 Å². The summed E-state index contributed by atoms with van der Waals surface area (Å²) in [6.07, 6.45) is 3.83. The lowest BCUT2D eigenvalue weighted by Gasteiger charge is -2.26. The number of rotatable bonds is 8. The number of morpholine rings is 1. The summed E-state index contributed by atoms with van der Waals surface area (Å²) in [6.45, 7) is 4.68. The second-order valence-corrected chi connectivity index (χ2v) is 11.2. The second kappa shape index (κ2) is 11.2. The van der Waals surface area contributed by atoms with Crippen molar-refractivity contribution in [1.29, 1.82) is 0 Å². The highest BCUT2D eigenvalue weighted by atomic mass is 35.5. The van der Waals surface area contributed by atoms with E-state index in [2.05, 4.69) is 26.6 Å². The van der Waals surface area contributed by atoms with Gasteiger partial charge in [0.25, 0.3) is 0 Å². The molecule has 3 aromatic heterocycles. The van der Waals surface area contributed by atoms with Crippen molar-refractivity contribution in [1.82, 2.24) is 29.6 Å². The summed E-state index contributed by atoms with van der Waals surface area (Å²) in [5.74, 6) is -0.213. The van der Waals surface area contributed by atoms with Gasteiger partial charge >= 0.3 is 0 Å². The molecule has 1 aliphatic heterocycles. The number of ether oxygens (including phenoxy) is 1. The summed E-state index contributed by atoms with van der Waals surface area (Å²) in [7, 11) is 0. The van der Waals surface area contributed by atoms with Gasteiger partial charge in [-0.05, 0) is 53.1 Å². The van der Waals surface area contributed by atoms with Gasteiger partial charge in [-0.25, -0.2) is 4.68 Å². The lowest BCUT2D eigenvalue weighted by Crippen LogP contribution is -2.35. The highest BCUT2D eigenvalue weighted by Gasteiger charge is 2.20. The van der Waals surface area contributed by atoms with E-state index in [9.17, 15) is 9.59 Å². The first-order valence-electron chi connectivity index (χ1n) is 14.0. The molecule has 1 N–H and O–H groups in total. The van der Waals surface area contributed by atoms with Crippen LogP contribution in [-0.2, 0) is 35.6 Å². The molecular formula is C32H29ClN6O3. The molecule has 1 amide bonds. The molecule has 0 spiro atoms. The number of benzene rings is 3. The molecule has 0 radical (unpaired) electrons. The van der Waals surface area contributed by atoms with Gasteiger partial charge in [-0.2, -0.15) is 0 Å². The number of nitrogens with zero attached hydrogens (tertiary/aromatic N) is 5. The van der Waals surface area contributed by atoms with Crippen LogP contribution >= 0.6 is 11.6 Å². The van der Waals surface area contributed by atoms with Crippen LogP contribution in [0.2, 0.25) is 5.02 Å². The zero-order valence-corrected chi connectivity index (χ0v) is 23.7. The van der Waals surface area contributed by atoms with Crippen LogP contribution in [0.4, 0.5) is 0 Å². The monoisotopic (exact) mass is 580 g/mol. The van der Waals surface area contributed by atoms with Gasteiger partial charge in [0.1, 0.15) is 5.52 Å². The lowest BCUT2D eigenvalue weighted by molar-refractivity contribution is -0.120. The summed E-state index contributed by atoms with van der Waals surface area (Å²) in [5.41, 5.74) is 6.00. The summed E-state index contributed by atoms with van der Waals surface area (Å²) in [4.78, 5) is 29.1. The van der Waals surface area contributed by atoms with Crippen molar-refractivity contribution >= 4 is 44.8 Å². The second-order valence-electron chi connectivity index (χ2n) is 10.8. The summed E-state index contributed by atoms with van der Waals surface area (Å²) in [5, 5.41) is 13.9. The lowest BCUT2D eigenvalue weighted by atomic mass is 10.0. The molecule has 212 valence electrons. The van der Waals surface area contributed by atoms with Crippen molar-refractivity contribution in [2.75, 3.05) is 26.3 Å². The van der Waals surface area contributed by atoms with Crippen LogP contribution < -0.4 is 10.7 Å². The molecule has 9 nitrogen and oxygen atoms in total. The van der Waals surface area contributed by atoms with E-state index >= 15 is 0 Å². The average Bonchev–Trinajstić information content (AvgIpc) is 3.57. The van der Waals surface area contributed by atoms with Gasteiger partial charge in [0, 0.05) is 59.9 Å². The quantitative estimate of drug-likeness (QED) is 0.292.